The van der Waals surface area contributed by atoms with Gasteiger partial charge < -0.3 is 15.0 Å². The molecule has 0 aromatic rings. The molecule has 4 heteroatoms. The third-order valence-electron chi connectivity index (χ3n) is 3.89. The van der Waals surface area contributed by atoms with Gasteiger partial charge in [-0.1, -0.05) is 6.92 Å². The fourth-order valence-corrected chi connectivity index (χ4v) is 2.79. The van der Waals surface area contributed by atoms with Crippen molar-refractivity contribution < 1.29 is 9.53 Å². The third kappa shape index (κ3) is 4.58. The number of nitrogens with one attached hydrogen (secondary N) is 1. The highest BCUT2D eigenvalue weighted by Crippen LogP contribution is 2.26. The highest BCUT2D eigenvalue weighted by molar-refractivity contribution is 5.70. The summed E-state index contributed by atoms with van der Waals surface area (Å²) in [6, 6.07) is 0. The van der Waals surface area contributed by atoms with E-state index in [0.717, 1.165) is 32.4 Å². The van der Waals surface area contributed by atoms with Crippen LogP contribution >= 0.6 is 0 Å². The lowest BCUT2D eigenvalue weighted by atomic mass is 9.87. The van der Waals surface area contributed by atoms with Crippen molar-refractivity contribution >= 4 is 5.97 Å². The van der Waals surface area contributed by atoms with E-state index in [1.165, 1.54) is 13.0 Å². The molecule has 106 valence electrons. The van der Waals surface area contributed by atoms with Crippen LogP contribution in [0.1, 0.15) is 46.0 Å². The van der Waals surface area contributed by atoms with Crippen molar-refractivity contribution in [2.75, 3.05) is 33.3 Å². The predicted octanol–water partition coefficient (Wildman–Crippen LogP) is 1.79. The van der Waals surface area contributed by atoms with Gasteiger partial charge in [-0.25, -0.2) is 0 Å². The van der Waals surface area contributed by atoms with Crippen molar-refractivity contribution in [2.45, 2.75) is 51.5 Å². The molecule has 1 unspecified atom stereocenters. The van der Waals surface area contributed by atoms with Crippen LogP contribution in [0, 0.1) is 0 Å². The summed E-state index contributed by atoms with van der Waals surface area (Å²) in [4.78, 5) is 14.2. The van der Waals surface area contributed by atoms with Gasteiger partial charge in [0.25, 0.3) is 0 Å². The number of rotatable bonds is 6. The van der Waals surface area contributed by atoms with E-state index in [1.807, 2.05) is 14.0 Å². The van der Waals surface area contributed by atoms with Crippen molar-refractivity contribution in [1.82, 2.24) is 10.2 Å². The van der Waals surface area contributed by atoms with Crippen LogP contribution in [-0.4, -0.2) is 49.7 Å². The highest BCUT2D eigenvalue weighted by atomic mass is 16.5. The van der Waals surface area contributed by atoms with Crippen LogP contribution in [0.15, 0.2) is 0 Å². The molecule has 1 aliphatic rings. The summed E-state index contributed by atoms with van der Waals surface area (Å²) in [6.45, 7) is 7.95. The number of hydrogen-bond donors (Lipinski definition) is 1. The fraction of sp³-hybridized carbons (Fsp3) is 0.929. The van der Waals surface area contributed by atoms with Crippen LogP contribution in [0.2, 0.25) is 0 Å². The van der Waals surface area contributed by atoms with Gasteiger partial charge in [0.05, 0.1) is 13.0 Å². The number of carbonyl (C=O) groups excluding carboxylic acids is 1. The second-order valence-electron chi connectivity index (χ2n) is 5.21. The lowest BCUT2D eigenvalue weighted by Gasteiger charge is -2.31. The Hall–Kier alpha value is -0.610. The molecule has 0 amide bonds. The van der Waals surface area contributed by atoms with Crippen molar-refractivity contribution in [3.63, 3.8) is 0 Å². The van der Waals surface area contributed by atoms with E-state index >= 15 is 0 Å². The predicted molar refractivity (Wildman–Crippen MR) is 73.6 cm³/mol. The van der Waals surface area contributed by atoms with Crippen molar-refractivity contribution in [3.05, 3.63) is 0 Å². The largest absolute Gasteiger partial charge is 0.466 e. The Bertz CT molecular complexity index is 258. The maximum Gasteiger partial charge on any atom is 0.307 e. The lowest BCUT2D eigenvalue weighted by Crippen LogP contribution is -2.45. The first kappa shape index (κ1) is 15.4. The molecule has 1 fully saturated rings. The van der Waals surface area contributed by atoms with E-state index in [-0.39, 0.29) is 11.5 Å². The quantitative estimate of drug-likeness (QED) is 0.736. The first-order valence-corrected chi connectivity index (χ1v) is 7.22. The van der Waals surface area contributed by atoms with Crippen molar-refractivity contribution in [2.24, 2.45) is 0 Å². The zero-order valence-corrected chi connectivity index (χ0v) is 12.1. The molecule has 0 saturated carbocycles. The molecule has 18 heavy (non-hydrogen) atoms. The van der Waals surface area contributed by atoms with Gasteiger partial charge >= 0.3 is 5.97 Å². The number of ether oxygens (including phenoxy) is 1. The molecule has 4 nitrogen and oxygen atoms in total. The van der Waals surface area contributed by atoms with Crippen LogP contribution in [0.3, 0.4) is 0 Å². The smallest absolute Gasteiger partial charge is 0.307 e. The van der Waals surface area contributed by atoms with Gasteiger partial charge in [0.1, 0.15) is 0 Å². The Morgan fingerprint density at radius 2 is 2.11 bits per heavy atom. The monoisotopic (exact) mass is 256 g/mol. The van der Waals surface area contributed by atoms with Gasteiger partial charge in [-0.3, -0.25) is 4.79 Å². The van der Waals surface area contributed by atoms with Crippen LogP contribution in [0.5, 0.6) is 0 Å². The molecule has 1 rings (SSSR count). The number of hydrogen-bond acceptors (Lipinski definition) is 4. The van der Waals surface area contributed by atoms with E-state index in [1.54, 1.807) is 0 Å². The molecule has 0 aliphatic carbocycles. The minimum absolute atomic E-state index is 0.0608. The third-order valence-corrected chi connectivity index (χ3v) is 3.89. The average Bonchev–Trinajstić information content (AvgIpc) is 2.54. The summed E-state index contributed by atoms with van der Waals surface area (Å²) < 4.78 is 5.09. The van der Waals surface area contributed by atoms with Gasteiger partial charge in [-0.15, -0.1) is 0 Å². The second kappa shape index (κ2) is 7.74. The van der Waals surface area contributed by atoms with Gasteiger partial charge in [-0.2, -0.15) is 0 Å². The van der Waals surface area contributed by atoms with Crippen LogP contribution < -0.4 is 5.32 Å². The summed E-state index contributed by atoms with van der Waals surface area (Å²) >= 11 is 0. The molecule has 0 spiro atoms. The summed E-state index contributed by atoms with van der Waals surface area (Å²) in [5.41, 5.74) is -0.0608. The van der Waals surface area contributed by atoms with E-state index in [9.17, 15) is 4.79 Å². The zero-order valence-electron chi connectivity index (χ0n) is 12.1. The summed E-state index contributed by atoms with van der Waals surface area (Å²) in [6.07, 6.45) is 4.94. The highest BCUT2D eigenvalue weighted by Gasteiger charge is 2.33. The van der Waals surface area contributed by atoms with E-state index in [4.69, 9.17) is 4.74 Å². The van der Waals surface area contributed by atoms with Crippen LogP contribution in [-0.2, 0) is 9.53 Å². The van der Waals surface area contributed by atoms with Gasteiger partial charge in [-0.05, 0) is 59.3 Å². The molecule has 1 aliphatic heterocycles. The fourth-order valence-electron chi connectivity index (χ4n) is 2.79. The molecule has 1 saturated heterocycles. The Morgan fingerprint density at radius 1 is 1.33 bits per heavy atom. The Morgan fingerprint density at radius 3 is 2.72 bits per heavy atom. The number of nitrogens with zero attached hydrogens (tertiary/aromatic N) is 1. The second-order valence-corrected chi connectivity index (χ2v) is 5.21. The molecule has 1 N–H and O–H groups in total. The Kier molecular flexibility index (Phi) is 6.65. The molecule has 0 bridgehead atoms. The van der Waals surface area contributed by atoms with Crippen LogP contribution in [0.4, 0.5) is 0 Å². The van der Waals surface area contributed by atoms with Gasteiger partial charge in [0, 0.05) is 5.54 Å². The van der Waals surface area contributed by atoms with Crippen molar-refractivity contribution in [1.29, 1.82) is 0 Å². The van der Waals surface area contributed by atoms with Crippen LogP contribution in [0.25, 0.3) is 0 Å². The first-order chi connectivity index (χ1) is 8.65. The molecule has 1 atom stereocenters. The van der Waals surface area contributed by atoms with E-state index in [2.05, 4.69) is 17.1 Å². The zero-order chi connectivity index (χ0) is 13.4. The summed E-state index contributed by atoms with van der Waals surface area (Å²) in [7, 11) is 1.97. The lowest BCUT2D eigenvalue weighted by molar-refractivity contribution is -0.145. The molecule has 0 aromatic heterocycles. The summed E-state index contributed by atoms with van der Waals surface area (Å²) in [5.74, 6) is -0.0733. The first-order valence-electron chi connectivity index (χ1n) is 7.22. The topological polar surface area (TPSA) is 41.6 Å². The number of likely N-dealkylation sites (tertiary alicyclic amines) is 1. The SMILES string of the molecule is CCCN1CCCC(CC(=O)OCC)(NC)CC1. The maximum atomic E-state index is 11.7. The van der Waals surface area contributed by atoms with Gasteiger partial charge in [0.15, 0.2) is 0 Å². The Balaban J connectivity index is 2.56. The average molecular weight is 256 g/mol. The minimum Gasteiger partial charge on any atom is -0.466 e. The summed E-state index contributed by atoms with van der Waals surface area (Å²) in [5, 5.41) is 3.38. The van der Waals surface area contributed by atoms with E-state index in [0.29, 0.717) is 13.0 Å². The Labute approximate surface area is 111 Å². The van der Waals surface area contributed by atoms with Crippen molar-refractivity contribution in [3.8, 4) is 0 Å². The maximum absolute atomic E-state index is 11.7. The molecule has 0 radical (unpaired) electrons. The minimum atomic E-state index is -0.0733. The standard InChI is InChI=1S/C14H28N2O2/c1-4-9-16-10-6-7-14(15-3,8-11-16)12-13(17)18-5-2/h15H,4-12H2,1-3H3. The van der Waals surface area contributed by atoms with E-state index < -0.39 is 0 Å². The number of carbonyl (C=O) groups is 1. The molecular formula is C14H28N2O2. The molecule has 0 aromatic carbocycles. The van der Waals surface area contributed by atoms with Gasteiger partial charge in [0.2, 0.25) is 0 Å². The molecule has 1 heterocycles. The normalized spacial score (nSPS) is 25.7. The molecular weight excluding hydrogens is 228 g/mol. The number of esters is 1.